The Morgan fingerprint density at radius 2 is 1.86 bits per heavy atom. The molecule has 3 heterocycles. The number of likely N-dealkylation sites (tertiary alicyclic amines) is 2. The van der Waals surface area contributed by atoms with Gasteiger partial charge < -0.3 is 19.9 Å². The summed E-state index contributed by atoms with van der Waals surface area (Å²) in [6.45, 7) is 4.24. The fraction of sp³-hybridized carbons (Fsp3) is 0.536. The molecule has 7 heteroatoms. The van der Waals surface area contributed by atoms with Crippen LogP contribution in [0.1, 0.15) is 55.8 Å². The normalized spacial score (nSPS) is 20.7. The summed E-state index contributed by atoms with van der Waals surface area (Å²) in [6.07, 6.45) is 7.39. The van der Waals surface area contributed by atoms with Crippen LogP contribution in [0.4, 0.5) is 0 Å². The largest absolute Gasteiger partial charge is 0.497 e. The van der Waals surface area contributed by atoms with Crippen LogP contribution in [-0.2, 0) is 16.1 Å². The van der Waals surface area contributed by atoms with Crippen LogP contribution in [0.3, 0.4) is 0 Å². The van der Waals surface area contributed by atoms with E-state index >= 15 is 0 Å². The Labute approximate surface area is 207 Å². The molecule has 1 aromatic carbocycles. The molecule has 0 bridgehead atoms. The van der Waals surface area contributed by atoms with E-state index in [1.807, 2.05) is 47.4 Å². The maximum Gasteiger partial charge on any atom is 0.229 e. The van der Waals surface area contributed by atoms with E-state index in [2.05, 4.69) is 15.2 Å². The van der Waals surface area contributed by atoms with Crippen LogP contribution in [0.15, 0.2) is 48.7 Å². The number of hydrogen-bond acceptors (Lipinski definition) is 5. The number of aromatic nitrogens is 1. The smallest absolute Gasteiger partial charge is 0.229 e. The zero-order valence-corrected chi connectivity index (χ0v) is 20.6. The first-order valence-corrected chi connectivity index (χ1v) is 12.9. The highest BCUT2D eigenvalue weighted by Crippen LogP contribution is 2.42. The van der Waals surface area contributed by atoms with Gasteiger partial charge in [-0.1, -0.05) is 18.2 Å². The number of carbonyl (C=O) groups excluding carboxylic acids is 2. The van der Waals surface area contributed by atoms with Gasteiger partial charge in [0.15, 0.2) is 0 Å². The Morgan fingerprint density at radius 3 is 2.51 bits per heavy atom. The van der Waals surface area contributed by atoms with Crippen LogP contribution in [0.25, 0.3) is 0 Å². The van der Waals surface area contributed by atoms with Gasteiger partial charge in [-0.2, -0.15) is 0 Å². The topological polar surface area (TPSA) is 74.8 Å². The molecule has 3 aliphatic rings. The molecule has 0 radical (unpaired) electrons. The molecule has 5 rings (SSSR count). The van der Waals surface area contributed by atoms with E-state index in [0.29, 0.717) is 12.5 Å². The minimum atomic E-state index is -0.205. The molecule has 3 fully saturated rings. The van der Waals surface area contributed by atoms with Crippen LogP contribution in [0, 0.1) is 11.3 Å². The van der Waals surface area contributed by atoms with E-state index in [0.717, 1.165) is 81.7 Å². The third-order valence-electron chi connectivity index (χ3n) is 7.99. The van der Waals surface area contributed by atoms with Crippen LogP contribution < -0.4 is 10.1 Å². The van der Waals surface area contributed by atoms with Crippen molar-refractivity contribution in [1.29, 1.82) is 0 Å². The van der Waals surface area contributed by atoms with Gasteiger partial charge >= 0.3 is 0 Å². The van der Waals surface area contributed by atoms with Crippen molar-refractivity contribution in [1.82, 2.24) is 20.1 Å². The number of nitrogens with zero attached hydrogens (tertiary/aromatic N) is 3. The lowest BCUT2D eigenvalue weighted by Gasteiger charge is -2.38. The highest BCUT2D eigenvalue weighted by Gasteiger charge is 2.47. The highest BCUT2D eigenvalue weighted by molar-refractivity contribution is 5.85. The number of hydrogen-bond donors (Lipinski definition) is 1. The van der Waals surface area contributed by atoms with Crippen molar-refractivity contribution >= 4 is 11.8 Å². The first kappa shape index (κ1) is 23.8. The van der Waals surface area contributed by atoms with Gasteiger partial charge in [0, 0.05) is 31.7 Å². The molecule has 2 saturated heterocycles. The molecule has 1 spiro atoms. The SMILES string of the molecule is COc1ccc(CN2CCC3(CCN(CCC(NC(=O)C4CC4)c4ccccn4)CC3)C2=O)cc1. The van der Waals surface area contributed by atoms with Crippen molar-refractivity contribution in [2.24, 2.45) is 11.3 Å². The number of amides is 2. The molecular weight excluding hydrogens is 440 g/mol. The van der Waals surface area contributed by atoms with Gasteiger partial charge in [0.25, 0.3) is 0 Å². The second-order valence-corrected chi connectivity index (χ2v) is 10.3. The lowest BCUT2D eigenvalue weighted by atomic mass is 9.77. The third-order valence-corrected chi connectivity index (χ3v) is 7.99. The molecule has 1 unspecified atom stereocenters. The summed E-state index contributed by atoms with van der Waals surface area (Å²) in [5, 5.41) is 3.23. The first-order valence-electron chi connectivity index (χ1n) is 12.9. The second kappa shape index (κ2) is 10.4. The van der Waals surface area contributed by atoms with Gasteiger partial charge in [-0.3, -0.25) is 14.6 Å². The van der Waals surface area contributed by atoms with Gasteiger partial charge in [0.05, 0.1) is 24.3 Å². The maximum atomic E-state index is 13.4. The van der Waals surface area contributed by atoms with E-state index in [1.165, 1.54) is 0 Å². The maximum absolute atomic E-state index is 13.4. The monoisotopic (exact) mass is 476 g/mol. The molecule has 2 amide bonds. The lowest BCUT2D eigenvalue weighted by Crippen LogP contribution is -2.45. The third kappa shape index (κ3) is 5.50. The van der Waals surface area contributed by atoms with E-state index in [4.69, 9.17) is 4.74 Å². The molecule has 2 aliphatic heterocycles. The molecule has 1 atom stereocenters. The van der Waals surface area contributed by atoms with Crippen molar-refractivity contribution in [3.8, 4) is 5.75 Å². The number of piperidine rings is 1. The predicted molar refractivity (Wildman–Crippen MR) is 134 cm³/mol. The molecule has 1 saturated carbocycles. The Bertz CT molecular complexity index is 1010. The number of ether oxygens (including phenoxy) is 1. The molecule has 2 aromatic rings. The van der Waals surface area contributed by atoms with Crippen molar-refractivity contribution < 1.29 is 14.3 Å². The minimum absolute atomic E-state index is 0.0618. The average Bonchev–Trinajstić information content (AvgIpc) is 3.72. The number of benzene rings is 1. The minimum Gasteiger partial charge on any atom is -0.497 e. The van der Waals surface area contributed by atoms with Gasteiger partial charge in [-0.05, 0) is 81.4 Å². The summed E-state index contributed by atoms with van der Waals surface area (Å²) < 4.78 is 5.24. The summed E-state index contributed by atoms with van der Waals surface area (Å²) in [4.78, 5) is 34.8. The number of pyridine rings is 1. The van der Waals surface area contributed by atoms with E-state index in [9.17, 15) is 9.59 Å². The standard InChI is InChI=1S/C28H36N4O3/c1-35-23-9-5-21(6-10-23)20-32-19-14-28(27(32)34)12-17-31(18-13-28)16-11-25(24-4-2-3-15-29-24)30-26(33)22-7-8-22/h2-6,9-10,15,22,25H,7-8,11-14,16-20H2,1H3,(H,30,33). The summed E-state index contributed by atoms with van der Waals surface area (Å²) >= 11 is 0. The Morgan fingerprint density at radius 1 is 1.11 bits per heavy atom. The van der Waals surface area contributed by atoms with Crippen molar-refractivity contribution in [3.63, 3.8) is 0 Å². The Hall–Kier alpha value is -2.93. The Kier molecular flexibility index (Phi) is 7.04. The fourth-order valence-corrected chi connectivity index (χ4v) is 5.49. The number of rotatable bonds is 9. The van der Waals surface area contributed by atoms with Crippen molar-refractivity contribution in [3.05, 3.63) is 59.9 Å². The van der Waals surface area contributed by atoms with Crippen LogP contribution >= 0.6 is 0 Å². The van der Waals surface area contributed by atoms with Crippen LogP contribution in [-0.4, -0.2) is 59.9 Å². The summed E-state index contributed by atoms with van der Waals surface area (Å²) in [6, 6.07) is 13.8. The van der Waals surface area contributed by atoms with E-state index in [-0.39, 0.29) is 23.3 Å². The van der Waals surface area contributed by atoms with Crippen molar-refractivity contribution in [2.75, 3.05) is 33.3 Å². The van der Waals surface area contributed by atoms with Crippen molar-refractivity contribution in [2.45, 2.75) is 51.1 Å². The van der Waals surface area contributed by atoms with Gasteiger partial charge in [0.1, 0.15) is 5.75 Å². The number of carbonyl (C=O) groups is 2. The van der Waals surface area contributed by atoms with Crippen LogP contribution in [0.2, 0.25) is 0 Å². The lowest BCUT2D eigenvalue weighted by molar-refractivity contribution is -0.139. The molecule has 186 valence electrons. The second-order valence-electron chi connectivity index (χ2n) is 10.3. The zero-order valence-electron chi connectivity index (χ0n) is 20.6. The molecule has 1 aliphatic carbocycles. The number of nitrogens with one attached hydrogen (secondary N) is 1. The summed E-state index contributed by atoms with van der Waals surface area (Å²) in [5.41, 5.74) is 1.86. The summed E-state index contributed by atoms with van der Waals surface area (Å²) in [5.74, 6) is 1.50. The van der Waals surface area contributed by atoms with E-state index in [1.54, 1.807) is 13.3 Å². The molecule has 1 N–H and O–H groups in total. The molecule has 7 nitrogen and oxygen atoms in total. The average molecular weight is 477 g/mol. The predicted octanol–water partition coefficient (Wildman–Crippen LogP) is 3.56. The summed E-state index contributed by atoms with van der Waals surface area (Å²) in [7, 11) is 1.66. The highest BCUT2D eigenvalue weighted by atomic mass is 16.5. The number of methoxy groups -OCH3 is 1. The molecule has 1 aromatic heterocycles. The first-order chi connectivity index (χ1) is 17.1. The van der Waals surface area contributed by atoms with Gasteiger partial charge in [-0.15, -0.1) is 0 Å². The van der Waals surface area contributed by atoms with Gasteiger partial charge in [-0.25, -0.2) is 0 Å². The van der Waals surface area contributed by atoms with Gasteiger partial charge in [0.2, 0.25) is 11.8 Å². The van der Waals surface area contributed by atoms with Crippen LogP contribution in [0.5, 0.6) is 5.75 Å². The molecule has 35 heavy (non-hydrogen) atoms. The Balaban J connectivity index is 1.13. The fourth-order valence-electron chi connectivity index (χ4n) is 5.49. The quantitative estimate of drug-likeness (QED) is 0.599. The zero-order chi connectivity index (χ0) is 24.3. The van der Waals surface area contributed by atoms with E-state index < -0.39 is 0 Å². The molecular formula is C28H36N4O3.